The van der Waals surface area contributed by atoms with Crippen molar-refractivity contribution in [3.05, 3.63) is 0 Å². The van der Waals surface area contributed by atoms with Crippen LogP contribution in [0.3, 0.4) is 0 Å². The molecule has 15 heavy (non-hydrogen) atoms. The van der Waals surface area contributed by atoms with E-state index in [1.165, 1.54) is 25.9 Å². The number of nitrogens with zero attached hydrogens (tertiary/aromatic N) is 1. The molecule has 3 heteroatoms. The molecule has 0 aliphatic heterocycles. The second-order valence-electron chi connectivity index (χ2n) is 4.58. The van der Waals surface area contributed by atoms with E-state index in [0.29, 0.717) is 0 Å². The van der Waals surface area contributed by atoms with Crippen molar-refractivity contribution in [2.75, 3.05) is 46.9 Å². The number of methoxy groups -OCH3 is 1. The van der Waals surface area contributed by atoms with Crippen LogP contribution >= 0.6 is 0 Å². The third-order valence-corrected chi connectivity index (χ3v) is 2.46. The maximum atomic E-state index is 4.96. The summed E-state index contributed by atoms with van der Waals surface area (Å²) >= 11 is 0. The van der Waals surface area contributed by atoms with Crippen molar-refractivity contribution < 1.29 is 4.74 Å². The minimum atomic E-state index is 0.809. The van der Waals surface area contributed by atoms with Gasteiger partial charge in [0.2, 0.25) is 0 Å². The van der Waals surface area contributed by atoms with Crippen LogP contribution < -0.4 is 5.32 Å². The molecule has 1 N–H and O–H groups in total. The standard InChI is InChI=1S/C12H28N2O/c1-12(2)6-10-14(3)9-5-7-13-8-11-15-4/h12-13H,5-11H2,1-4H3. The minimum Gasteiger partial charge on any atom is -0.383 e. The van der Waals surface area contributed by atoms with E-state index in [0.717, 1.165) is 25.6 Å². The van der Waals surface area contributed by atoms with E-state index in [2.05, 4.69) is 31.1 Å². The molecule has 0 aromatic heterocycles. The average molecular weight is 216 g/mol. The Morgan fingerprint density at radius 3 is 2.53 bits per heavy atom. The van der Waals surface area contributed by atoms with Crippen LogP contribution in [0.25, 0.3) is 0 Å². The van der Waals surface area contributed by atoms with Crippen molar-refractivity contribution in [3.8, 4) is 0 Å². The van der Waals surface area contributed by atoms with Crippen molar-refractivity contribution in [2.24, 2.45) is 5.92 Å². The van der Waals surface area contributed by atoms with E-state index >= 15 is 0 Å². The molecule has 0 heterocycles. The normalized spacial score (nSPS) is 11.6. The molecule has 0 saturated heterocycles. The predicted molar refractivity (Wildman–Crippen MR) is 66.3 cm³/mol. The summed E-state index contributed by atoms with van der Waals surface area (Å²) in [5, 5.41) is 3.35. The second kappa shape index (κ2) is 10.4. The zero-order valence-corrected chi connectivity index (χ0v) is 10.9. The van der Waals surface area contributed by atoms with Gasteiger partial charge in [-0.15, -0.1) is 0 Å². The lowest BCUT2D eigenvalue weighted by Crippen LogP contribution is -2.27. The smallest absolute Gasteiger partial charge is 0.0587 e. The number of ether oxygens (including phenoxy) is 1. The second-order valence-corrected chi connectivity index (χ2v) is 4.58. The largest absolute Gasteiger partial charge is 0.383 e. The summed E-state index contributed by atoms with van der Waals surface area (Å²) in [6.45, 7) is 9.83. The maximum absolute atomic E-state index is 4.96. The fourth-order valence-electron chi connectivity index (χ4n) is 1.36. The van der Waals surface area contributed by atoms with E-state index < -0.39 is 0 Å². The Kier molecular flexibility index (Phi) is 10.3. The first kappa shape index (κ1) is 14.9. The lowest BCUT2D eigenvalue weighted by atomic mass is 10.1. The van der Waals surface area contributed by atoms with Gasteiger partial charge in [-0.3, -0.25) is 0 Å². The molecule has 0 aromatic rings. The van der Waals surface area contributed by atoms with Crippen LogP contribution in [0.15, 0.2) is 0 Å². The Bertz CT molecular complexity index is 129. The van der Waals surface area contributed by atoms with Crippen LogP contribution in [-0.2, 0) is 4.74 Å². The summed E-state index contributed by atoms with van der Waals surface area (Å²) < 4.78 is 4.96. The first-order valence-electron chi connectivity index (χ1n) is 6.05. The Balaban J connectivity index is 3.13. The molecular weight excluding hydrogens is 188 g/mol. The highest BCUT2D eigenvalue weighted by molar-refractivity contribution is 4.56. The molecule has 0 aliphatic rings. The van der Waals surface area contributed by atoms with E-state index in [-0.39, 0.29) is 0 Å². The molecule has 3 nitrogen and oxygen atoms in total. The summed E-state index contributed by atoms with van der Waals surface area (Å²) in [6.07, 6.45) is 2.52. The van der Waals surface area contributed by atoms with Gasteiger partial charge in [0.05, 0.1) is 6.61 Å². The summed E-state index contributed by atoms with van der Waals surface area (Å²) in [5.74, 6) is 0.812. The molecule has 0 radical (unpaired) electrons. The van der Waals surface area contributed by atoms with Gasteiger partial charge in [0, 0.05) is 13.7 Å². The molecule has 0 bridgehead atoms. The van der Waals surface area contributed by atoms with Crippen molar-refractivity contribution in [3.63, 3.8) is 0 Å². The van der Waals surface area contributed by atoms with Gasteiger partial charge in [-0.05, 0) is 45.4 Å². The van der Waals surface area contributed by atoms with E-state index in [1.807, 2.05) is 0 Å². The van der Waals surface area contributed by atoms with Crippen molar-refractivity contribution in [2.45, 2.75) is 26.7 Å². The molecule has 0 amide bonds. The van der Waals surface area contributed by atoms with E-state index in [4.69, 9.17) is 4.74 Å². The van der Waals surface area contributed by atoms with Crippen molar-refractivity contribution in [1.82, 2.24) is 10.2 Å². The predicted octanol–water partition coefficient (Wildman–Crippen LogP) is 1.59. The highest BCUT2D eigenvalue weighted by Crippen LogP contribution is 2.00. The van der Waals surface area contributed by atoms with E-state index in [1.54, 1.807) is 7.11 Å². The lowest BCUT2D eigenvalue weighted by Gasteiger charge is -2.17. The molecule has 92 valence electrons. The molecule has 0 saturated carbocycles. The third kappa shape index (κ3) is 11.8. The van der Waals surface area contributed by atoms with Gasteiger partial charge >= 0.3 is 0 Å². The van der Waals surface area contributed by atoms with Crippen molar-refractivity contribution in [1.29, 1.82) is 0 Å². The summed E-state index contributed by atoms with van der Waals surface area (Å²) in [5.41, 5.74) is 0. The molecule has 0 atom stereocenters. The summed E-state index contributed by atoms with van der Waals surface area (Å²) in [7, 11) is 3.94. The molecule has 0 rings (SSSR count). The number of nitrogens with one attached hydrogen (secondary N) is 1. The van der Waals surface area contributed by atoms with Crippen molar-refractivity contribution >= 4 is 0 Å². The fraction of sp³-hybridized carbons (Fsp3) is 1.00. The first-order valence-corrected chi connectivity index (χ1v) is 6.05. The van der Waals surface area contributed by atoms with Gasteiger partial charge in [-0.2, -0.15) is 0 Å². The van der Waals surface area contributed by atoms with Gasteiger partial charge in [-0.25, -0.2) is 0 Å². The lowest BCUT2D eigenvalue weighted by molar-refractivity contribution is 0.198. The number of rotatable bonds is 10. The molecular formula is C12H28N2O. The monoisotopic (exact) mass is 216 g/mol. The molecule has 0 unspecified atom stereocenters. The highest BCUT2D eigenvalue weighted by Gasteiger charge is 1.99. The van der Waals surface area contributed by atoms with Crippen LogP contribution in [0.2, 0.25) is 0 Å². The Labute approximate surface area is 95.2 Å². The summed E-state index contributed by atoms with van der Waals surface area (Å²) in [6, 6.07) is 0. The molecule has 0 spiro atoms. The zero-order chi connectivity index (χ0) is 11.5. The average Bonchev–Trinajstić information content (AvgIpc) is 2.20. The van der Waals surface area contributed by atoms with E-state index in [9.17, 15) is 0 Å². The SMILES string of the molecule is COCCNCCCN(C)CCC(C)C. The minimum absolute atomic E-state index is 0.809. The van der Waals surface area contributed by atoms with Crippen LogP contribution in [0.4, 0.5) is 0 Å². The zero-order valence-electron chi connectivity index (χ0n) is 10.9. The molecule has 0 aromatic carbocycles. The van der Waals surface area contributed by atoms with Crippen LogP contribution in [0.5, 0.6) is 0 Å². The van der Waals surface area contributed by atoms with Crippen LogP contribution in [0.1, 0.15) is 26.7 Å². The fourth-order valence-corrected chi connectivity index (χ4v) is 1.36. The van der Waals surface area contributed by atoms with Gasteiger partial charge < -0.3 is 15.0 Å². The van der Waals surface area contributed by atoms with Crippen LogP contribution in [-0.4, -0.2) is 51.8 Å². The van der Waals surface area contributed by atoms with Gasteiger partial charge in [0.25, 0.3) is 0 Å². The molecule has 0 aliphatic carbocycles. The van der Waals surface area contributed by atoms with Gasteiger partial charge in [-0.1, -0.05) is 13.8 Å². The Morgan fingerprint density at radius 2 is 1.93 bits per heavy atom. The first-order chi connectivity index (χ1) is 7.16. The maximum Gasteiger partial charge on any atom is 0.0587 e. The number of hydrogen-bond donors (Lipinski definition) is 1. The topological polar surface area (TPSA) is 24.5 Å². The summed E-state index contributed by atoms with van der Waals surface area (Å²) in [4.78, 5) is 2.41. The Hall–Kier alpha value is -0.120. The molecule has 0 fully saturated rings. The number of hydrogen-bond acceptors (Lipinski definition) is 3. The Morgan fingerprint density at radius 1 is 1.20 bits per heavy atom. The van der Waals surface area contributed by atoms with Gasteiger partial charge in [0.15, 0.2) is 0 Å². The van der Waals surface area contributed by atoms with Crippen LogP contribution in [0, 0.1) is 5.92 Å². The van der Waals surface area contributed by atoms with Gasteiger partial charge in [0.1, 0.15) is 0 Å². The highest BCUT2D eigenvalue weighted by atomic mass is 16.5. The third-order valence-electron chi connectivity index (χ3n) is 2.46. The quantitative estimate of drug-likeness (QED) is 0.561.